The molecule has 0 bridgehead atoms. The van der Waals surface area contributed by atoms with Gasteiger partial charge in [0.15, 0.2) is 5.82 Å². The van der Waals surface area contributed by atoms with E-state index in [-0.39, 0.29) is 5.91 Å². The lowest BCUT2D eigenvalue weighted by atomic mass is 10.0. The number of rotatable bonds is 5. The molecule has 0 aliphatic heterocycles. The van der Waals surface area contributed by atoms with E-state index < -0.39 is 0 Å². The maximum atomic E-state index is 12.3. The second kappa shape index (κ2) is 6.22. The van der Waals surface area contributed by atoms with Gasteiger partial charge in [-0.05, 0) is 23.6 Å². The molecule has 0 atom stereocenters. The first-order valence-electron chi connectivity index (χ1n) is 7.21. The summed E-state index contributed by atoms with van der Waals surface area (Å²) in [5.74, 6) is 0.526. The summed E-state index contributed by atoms with van der Waals surface area (Å²) in [6, 6.07) is 5.84. The van der Waals surface area contributed by atoms with Crippen LogP contribution in [0.15, 0.2) is 43.1 Å². The first-order valence-corrected chi connectivity index (χ1v) is 8.09. The zero-order valence-electron chi connectivity index (χ0n) is 12.9. The summed E-state index contributed by atoms with van der Waals surface area (Å²) in [5, 5.41) is 4.93. The Morgan fingerprint density at radius 1 is 1.35 bits per heavy atom. The van der Waals surface area contributed by atoms with Gasteiger partial charge in [0.2, 0.25) is 5.91 Å². The van der Waals surface area contributed by atoms with Crippen LogP contribution in [0.2, 0.25) is 0 Å². The molecule has 0 spiro atoms. The van der Waals surface area contributed by atoms with E-state index >= 15 is 0 Å². The number of aryl methyl sites for hydroxylation is 1. The van der Waals surface area contributed by atoms with Crippen molar-refractivity contribution in [1.29, 1.82) is 0 Å². The van der Waals surface area contributed by atoms with Gasteiger partial charge in [-0.1, -0.05) is 43.5 Å². The van der Waals surface area contributed by atoms with E-state index in [4.69, 9.17) is 0 Å². The molecule has 0 fully saturated rings. The van der Waals surface area contributed by atoms with Crippen molar-refractivity contribution in [3.8, 4) is 0 Å². The van der Waals surface area contributed by atoms with Crippen LogP contribution in [0.5, 0.6) is 0 Å². The Bertz CT molecular complexity index is 904. The van der Waals surface area contributed by atoms with Gasteiger partial charge in [-0.15, -0.1) is 11.3 Å². The smallest absolute Gasteiger partial charge is 0.230 e. The van der Waals surface area contributed by atoms with Crippen LogP contribution in [0.4, 0.5) is 5.82 Å². The predicted octanol–water partition coefficient (Wildman–Crippen LogP) is 4.17. The Hall–Kier alpha value is -2.66. The number of carbonyl (C=O) groups is 1. The van der Waals surface area contributed by atoms with E-state index in [9.17, 15) is 4.79 Å². The van der Waals surface area contributed by atoms with Gasteiger partial charge in [0.05, 0.1) is 6.42 Å². The molecule has 2 aromatic heterocycles. The highest BCUT2D eigenvalue weighted by Crippen LogP contribution is 2.23. The average molecular weight is 323 g/mol. The van der Waals surface area contributed by atoms with E-state index in [2.05, 4.69) is 23.5 Å². The lowest BCUT2D eigenvalue weighted by Crippen LogP contribution is -2.14. The summed E-state index contributed by atoms with van der Waals surface area (Å²) in [7, 11) is 0. The highest BCUT2D eigenvalue weighted by molar-refractivity contribution is 7.16. The summed E-state index contributed by atoms with van der Waals surface area (Å²) in [6.45, 7) is 9.58. The third-order valence-corrected chi connectivity index (χ3v) is 4.73. The number of benzene rings is 1. The highest BCUT2D eigenvalue weighted by Gasteiger charge is 2.12. The van der Waals surface area contributed by atoms with Gasteiger partial charge in [-0.2, -0.15) is 0 Å². The quantitative estimate of drug-likeness (QED) is 0.766. The molecule has 2 heterocycles. The molecule has 1 aromatic carbocycles. The zero-order chi connectivity index (χ0) is 16.4. The summed E-state index contributed by atoms with van der Waals surface area (Å²) in [4.78, 5) is 17.5. The SMILES string of the molecule is C=Cc1ccc(CC(=O)Nc2ncn3c(C)csc23)cc1C=C. The normalized spacial score (nSPS) is 10.7. The fourth-order valence-corrected chi connectivity index (χ4v) is 3.36. The van der Waals surface area contributed by atoms with Crippen molar-refractivity contribution in [2.45, 2.75) is 13.3 Å². The lowest BCUT2D eigenvalue weighted by molar-refractivity contribution is -0.115. The summed E-state index contributed by atoms with van der Waals surface area (Å²) in [6.07, 6.45) is 5.57. The van der Waals surface area contributed by atoms with Crippen LogP contribution in [0.1, 0.15) is 22.4 Å². The van der Waals surface area contributed by atoms with E-state index in [1.54, 1.807) is 29.8 Å². The molecule has 0 aliphatic rings. The average Bonchev–Trinajstić information content (AvgIpc) is 3.11. The molecule has 1 N–H and O–H groups in total. The fourth-order valence-electron chi connectivity index (χ4n) is 2.44. The topological polar surface area (TPSA) is 46.4 Å². The highest BCUT2D eigenvalue weighted by atomic mass is 32.1. The summed E-state index contributed by atoms with van der Waals surface area (Å²) in [5.41, 5.74) is 4.02. The third-order valence-electron chi connectivity index (χ3n) is 3.66. The molecule has 4 nitrogen and oxygen atoms in total. The fraction of sp³-hybridized carbons (Fsp3) is 0.111. The molecule has 3 aromatic rings. The van der Waals surface area contributed by atoms with Crippen LogP contribution in [0.25, 0.3) is 17.0 Å². The second-order valence-corrected chi connectivity index (χ2v) is 6.10. The van der Waals surface area contributed by atoms with E-state index in [0.717, 1.165) is 27.2 Å². The molecule has 3 rings (SSSR count). The Morgan fingerprint density at radius 3 is 2.87 bits per heavy atom. The second-order valence-electron chi connectivity index (χ2n) is 5.24. The van der Waals surface area contributed by atoms with E-state index in [0.29, 0.717) is 12.2 Å². The number of aromatic nitrogens is 2. The number of imidazole rings is 1. The number of anilines is 1. The monoisotopic (exact) mass is 323 g/mol. The molecule has 0 aliphatic carbocycles. The Labute approximate surface area is 138 Å². The minimum atomic E-state index is -0.0852. The van der Waals surface area contributed by atoms with Crippen molar-refractivity contribution in [1.82, 2.24) is 9.38 Å². The van der Waals surface area contributed by atoms with Gasteiger partial charge >= 0.3 is 0 Å². The molecule has 116 valence electrons. The number of carbonyl (C=O) groups excluding carboxylic acids is 1. The van der Waals surface area contributed by atoms with Crippen LogP contribution >= 0.6 is 11.3 Å². The number of hydrogen-bond donors (Lipinski definition) is 1. The predicted molar refractivity (Wildman–Crippen MR) is 96.8 cm³/mol. The molecule has 0 saturated carbocycles. The third kappa shape index (κ3) is 2.96. The summed E-state index contributed by atoms with van der Waals surface area (Å²) < 4.78 is 1.97. The van der Waals surface area contributed by atoms with Crippen LogP contribution < -0.4 is 5.32 Å². The molecule has 5 heteroatoms. The number of thiazole rings is 1. The maximum Gasteiger partial charge on any atom is 0.230 e. The number of hydrogen-bond acceptors (Lipinski definition) is 3. The molecule has 1 amide bonds. The number of nitrogens with one attached hydrogen (secondary N) is 1. The molecule has 0 unspecified atom stereocenters. The molecular weight excluding hydrogens is 306 g/mol. The first kappa shape index (κ1) is 15.2. The minimum absolute atomic E-state index is 0.0852. The van der Waals surface area contributed by atoms with E-state index in [1.165, 1.54) is 0 Å². The Balaban J connectivity index is 1.77. The molecule has 0 radical (unpaired) electrons. The Kier molecular flexibility index (Phi) is 4.12. The number of nitrogens with zero attached hydrogens (tertiary/aromatic N) is 2. The van der Waals surface area contributed by atoms with Gasteiger partial charge in [-0.3, -0.25) is 9.20 Å². The standard InChI is InChI=1S/C18H17N3OS/c1-4-14-7-6-13(8-15(14)5-2)9-16(22)20-17-18-21(11-19-17)12(3)10-23-18/h4-8,10-11H,1-2,9H2,3H3,(H,20,22). The van der Waals surface area contributed by atoms with Crippen LogP contribution in [-0.2, 0) is 11.2 Å². The van der Waals surface area contributed by atoms with Gasteiger partial charge < -0.3 is 5.32 Å². The molecule has 0 saturated heterocycles. The van der Waals surface area contributed by atoms with Gasteiger partial charge in [0, 0.05) is 11.1 Å². The van der Waals surface area contributed by atoms with Crippen molar-refractivity contribution in [3.63, 3.8) is 0 Å². The lowest BCUT2D eigenvalue weighted by Gasteiger charge is -2.06. The van der Waals surface area contributed by atoms with Gasteiger partial charge in [0.1, 0.15) is 11.2 Å². The van der Waals surface area contributed by atoms with E-state index in [1.807, 2.05) is 34.9 Å². The largest absolute Gasteiger partial charge is 0.308 e. The molecule has 23 heavy (non-hydrogen) atoms. The van der Waals surface area contributed by atoms with Crippen molar-refractivity contribution in [3.05, 3.63) is 65.4 Å². The maximum absolute atomic E-state index is 12.3. The van der Waals surface area contributed by atoms with Crippen molar-refractivity contribution in [2.75, 3.05) is 5.32 Å². The van der Waals surface area contributed by atoms with Crippen LogP contribution in [0.3, 0.4) is 0 Å². The molecular formula is C18H17N3OS. The van der Waals surface area contributed by atoms with Crippen molar-refractivity contribution < 1.29 is 4.79 Å². The Morgan fingerprint density at radius 2 is 2.13 bits per heavy atom. The van der Waals surface area contributed by atoms with Crippen molar-refractivity contribution >= 4 is 40.0 Å². The van der Waals surface area contributed by atoms with Crippen molar-refractivity contribution in [2.24, 2.45) is 0 Å². The van der Waals surface area contributed by atoms with Crippen LogP contribution in [0, 0.1) is 6.92 Å². The summed E-state index contributed by atoms with van der Waals surface area (Å²) >= 11 is 1.57. The zero-order valence-corrected chi connectivity index (χ0v) is 13.7. The van der Waals surface area contributed by atoms with Gasteiger partial charge in [0.25, 0.3) is 0 Å². The number of fused-ring (bicyclic) bond motifs is 1. The first-order chi connectivity index (χ1) is 11.1. The number of amides is 1. The minimum Gasteiger partial charge on any atom is -0.308 e. The van der Waals surface area contributed by atoms with Crippen LogP contribution in [-0.4, -0.2) is 15.3 Å². The van der Waals surface area contributed by atoms with Gasteiger partial charge in [-0.25, -0.2) is 4.98 Å².